The van der Waals surface area contributed by atoms with E-state index in [1.165, 1.54) is 0 Å². The van der Waals surface area contributed by atoms with Crippen molar-refractivity contribution < 1.29 is 9.53 Å². The molecule has 0 aliphatic carbocycles. The largest absolute Gasteiger partial charge is 0.486 e. The number of halogens is 1. The molecular formula is C18H23ClN2O2. The number of rotatable bonds is 4. The summed E-state index contributed by atoms with van der Waals surface area (Å²) >= 11 is 0. The molecule has 0 saturated heterocycles. The van der Waals surface area contributed by atoms with Crippen LogP contribution >= 0.6 is 12.4 Å². The fourth-order valence-corrected chi connectivity index (χ4v) is 1.98. The lowest BCUT2D eigenvalue weighted by Crippen LogP contribution is -2.24. The van der Waals surface area contributed by atoms with Gasteiger partial charge in [0.25, 0.3) is 5.91 Å². The lowest BCUT2D eigenvalue weighted by molar-refractivity contribution is 0.102. The summed E-state index contributed by atoms with van der Waals surface area (Å²) in [6.07, 6.45) is 0. The van der Waals surface area contributed by atoms with Gasteiger partial charge in [-0.25, -0.2) is 0 Å². The van der Waals surface area contributed by atoms with Gasteiger partial charge in [-0.05, 0) is 50.6 Å². The molecule has 0 unspecified atom stereocenters. The molecule has 0 spiro atoms. The number of para-hydroxylation sites is 2. The van der Waals surface area contributed by atoms with Crippen molar-refractivity contribution in [3.05, 3.63) is 59.7 Å². The number of nitrogens with one attached hydrogen (secondary N) is 1. The summed E-state index contributed by atoms with van der Waals surface area (Å²) in [5.74, 6) is 0.482. The predicted molar refractivity (Wildman–Crippen MR) is 96.4 cm³/mol. The number of benzene rings is 2. The Morgan fingerprint density at radius 2 is 1.70 bits per heavy atom. The second-order valence-electron chi connectivity index (χ2n) is 6.07. The van der Waals surface area contributed by atoms with Gasteiger partial charge in [-0.1, -0.05) is 24.3 Å². The summed E-state index contributed by atoms with van der Waals surface area (Å²) in [5, 5.41) is 2.89. The normalized spacial score (nSPS) is 10.6. The van der Waals surface area contributed by atoms with E-state index in [0.717, 1.165) is 5.56 Å². The van der Waals surface area contributed by atoms with E-state index in [1.807, 2.05) is 57.2 Å². The standard InChI is InChI=1S/C18H22N2O2.ClH/c1-18(2,3)22-16-7-5-4-6-15(16)20-17(21)14-10-8-13(12-19)9-11-14;/h4-11H,12,19H2,1-3H3,(H,20,21);1H. The summed E-state index contributed by atoms with van der Waals surface area (Å²) in [5.41, 5.74) is 7.47. The van der Waals surface area contributed by atoms with Gasteiger partial charge in [0, 0.05) is 12.1 Å². The number of hydrogen-bond donors (Lipinski definition) is 2. The molecule has 0 atom stereocenters. The molecule has 2 rings (SSSR count). The van der Waals surface area contributed by atoms with E-state index in [9.17, 15) is 4.79 Å². The summed E-state index contributed by atoms with van der Waals surface area (Å²) in [6.45, 7) is 6.37. The number of amides is 1. The highest BCUT2D eigenvalue weighted by molar-refractivity contribution is 6.05. The van der Waals surface area contributed by atoms with E-state index in [4.69, 9.17) is 10.5 Å². The van der Waals surface area contributed by atoms with Crippen molar-refractivity contribution >= 4 is 24.0 Å². The Bertz CT molecular complexity index is 649. The molecule has 0 aliphatic heterocycles. The van der Waals surface area contributed by atoms with Crippen LogP contribution < -0.4 is 15.8 Å². The van der Waals surface area contributed by atoms with Crippen LogP contribution in [0.3, 0.4) is 0 Å². The molecule has 23 heavy (non-hydrogen) atoms. The van der Waals surface area contributed by atoms with Crippen LogP contribution in [0.2, 0.25) is 0 Å². The third-order valence-electron chi connectivity index (χ3n) is 3.00. The monoisotopic (exact) mass is 334 g/mol. The number of nitrogens with two attached hydrogens (primary N) is 1. The van der Waals surface area contributed by atoms with Crippen molar-refractivity contribution in [1.82, 2.24) is 0 Å². The lowest BCUT2D eigenvalue weighted by Gasteiger charge is -2.23. The smallest absolute Gasteiger partial charge is 0.255 e. The quantitative estimate of drug-likeness (QED) is 0.888. The van der Waals surface area contributed by atoms with E-state index in [1.54, 1.807) is 12.1 Å². The molecule has 3 N–H and O–H groups in total. The lowest BCUT2D eigenvalue weighted by atomic mass is 10.1. The zero-order valence-corrected chi connectivity index (χ0v) is 14.4. The van der Waals surface area contributed by atoms with E-state index in [0.29, 0.717) is 23.5 Å². The SMILES string of the molecule is CC(C)(C)Oc1ccccc1NC(=O)c1ccc(CN)cc1.Cl. The van der Waals surface area contributed by atoms with E-state index in [-0.39, 0.29) is 23.9 Å². The van der Waals surface area contributed by atoms with Gasteiger partial charge in [0.15, 0.2) is 0 Å². The number of anilines is 1. The predicted octanol–water partition coefficient (Wildman–Crippen LogP) is 4.00. The van der Waals surface area contributed by atoms with E-state index in [2.05, 4.69) is 5.32 Å². The van der Waals surface area contributed by atoms with Crippen molar-refractivity contribution in [2.75, 3.05) is 5.32 Å². The van der Waals surface area contributed by atoms with Gasteiger partial charge in [-0.15, -0.1) is 12.4 Å². The van der Waals surface area contributed by atoms with Gasteiger partial charge in [-0.2, -0.15) is 0 Å². The number of carbonyl (C=O) groups excluding carboxylic acids is 1. The highest BCUT2D eigenvalue weighted by Gasteiger charge is 2.16. The van der Waals surface area contributed by atoms with Crippen LogP contribution in [-0.2, 0) is 6.54 Å². The first-order valence-corrected chi connectivity index (χ1v) is 7.27. The van der Waals surface area contributed by atoms with Gasteiger partial charge in [-0.3, -0.25) is 4.79 Å². The first-order valence-electron chi connectivity index (χ1n) is 7.27. The van der Waals surface area contributed by atoms with Crippen molar-refractivity contribution in [1.29, 1.82) is 0 Å². The van der Waals surface area contributed by atoms with Gasteiger partial charge in [0.1, 0.15) is 11.4 Å². The average molecular weight is 335 g/mol. The molecule has 1 amide bonds. The molecule has 0 saturated carbocycles. The van der Waals surface area contributed by atoms with Crippen LogP contribution in [0.4, 0.5) is 5.69 Å². The first-order chi connectivity index (χ1) is 10.4. The number of carbonyl (C=O) groups is 1. The van der Waals surface area contributed by atoms with E-state index < -0.39 is 0 Å². The molecule has 5 heteroatoms. The Hall–Kier alpha value is -2.04. The summed E-state index contributed by atoms with van der Waals surface area (Å²) < 4.78 is 5.87. The Balaban J connectivity index is 0.00000264. The molecule has 0 radical (unpaired) electrons. The zero-order chi connectivity index (χ0) is 16.2. The van der Waals surface area contributed by atoms with Crippen LogP contribution in [0, 0.1) is 0 Å². The summed E-state index contributed by atoms with van der Waals surface area (Å²) in [6, 6.07) is 14.7. The van der Waals surface area contributed by atoms with Gasteiger partial charge < -0.3 is 15.8 Å². The fraction of sp³-hybridized carbons (Fsp3) is 0.278. The second kappa shape index (κ2) is 7.99. The second-order valence-corrected chi connectivity index (χ2v) is 6.07. The van der Waals surface area contributed by atoms with Crippen LogP contribution in [0.1, 0.15) is 36.7 Å². The minimum absolute atomic E-state index is 0. The summed E-state index contributed by atoms with van der Waals surface area (Å²) in [4.78, 5) is 12.3. The highest BCUT2D eigenvalue weighted by Crippen LogP contribution is 2.28. The fourth-order valence-electron chi connectivity index (χ4n) is 1.98. The molecule has 0 fully saturated rings. The maximum absolute atomic E-state index is 12.3. The maximum Gasteiger partial charge on any atom is 0.255 e. The molecule has 4 nitrogen and oxygen atoms in total. The Kier molecular flexibility index (Phi) is 6.61. The Labute approximate surface area is 143 Å². The maximum atomic E-state index is 12.3. The molecule has 0 aromatic heterocycles. The Morgan fingerprint density at radius 3 is 2.26 bits per heavy atom. The number of hydrogen-bond acceptors (Lipinski definition) is 3. The highest BCUT2D eigenvalue weighted by atomic mass is 35.5. The molecular weight excluding hydrogens is 312 g/mol. The average Bonchev–Trinajstić information content (AvgIpc) is 2.48. The van der Waals surface area contributed by atoms with Crippen molar-refractivity contribution in [3.63, 3.8) is 0 Å². The number of ether oxygens (including phenoxy) is 1. The van der Waals surface area contributed by atoms with Crippen LogP contribution in [0.25, 0.3) is 0 Å². The Morgan fingerprint density at radius 1 is 1.09 bits per heavy atom. The van der Waals surface area contributed by atoms with Gasteiger partial charge >= 0.3 is 0 Å². The topological polar surface area (TPSA) is 64.3 Å². The van der Waals surface area contributed by atoms with Gasteiger partial charge in [0.05, 0.1) is 5.69 Å². The van der Waals surface area contributed by atoms with Crippen LogP contribution in [0.5, 0.6) is 5.75 Å². The minimum Gasteiger partial charge on any atom is -0.486 e. The molecule has 124 valence electrons. The minimum atomic E-state index is -0.330. The molecule has 0 aliphatic rings. The first kappa shape index (κ1) is 19.0. The van der Waals surface area contributed by atoms with E-state index >= 15 is 0 Å². The van der Waals surface area contributed by atoms with Crippen molar-refractivity contribution in [2.24, 2.45) is 5.73 Å². The molecule has 2 aromatic rings. The zero-order valence-electron chi connectivity index (χ0n) is 13.6. The van der Waals surface area contributed by atoms with Crippen molar-refractivity contribution in [3.8, 4) is 5.75 Å². The molecule has 2 aromatic carbocycles. The molecule has 0 heterocycles. The summed E-state index contributed by atoms with van der Waals surface area (Å²) in [7, 11) is 0. The van der Waals surface area contributed by atoms with Crippen molar-refractivity contribution in [2.45, 2.75) is 32.9 Å². The van der Waals surface area contributed by atoms with Gasteiger partial charge in [0.2, 0.25) is 0 Å². The van der Waals surface area contributed by atoms with Crippen LogP contribution in [0.15, 0.2) is 48.5 Å². The third-order valence-corrected chi connectivity index (χ3v) is 3.00. The molecule has 0 bridgehead atoms. The van der Waals surface area contributed by atoms with Crippen LogP contribution in [-0.4, -0.2) is 11.5 Å². The third kappa shape index (κ3) is 5.58.